The molecule has 0 spiro atoms. The molecule has 1 aromatic rings. The lowest BCUT2D eigenvalue weighted by atomic mass is 9.95. The molecule has 2 aliphatic heterocycles. The number of allylic oxidation sites excluding steroid dienone is 1. The van der Waals surface area contributed by atoms with Gasteiger partial charge in [0.2, 0.25) is 0 Å². The highest BCUT2D eigenvalue weighted by Crippen LogP contribution is 2.32. The number of hydrogen-bond donors (Lipinski definition) is 1. The van der Waals surface area contributed by atoms with Gasteiger partial charge in [-0.25, -0.2) is 4.99 Å². The van der Waals surface area contributed by atoms with Crippen molar-refractivity contribution in [3.8, 4) is 0 Å². The fraction of sp³-hybridized carbons (Fsp3) is 0.522. The molecule has 1 atom stereocenters. The smallest absolute Gasteiger partial charge is 0.254 e. The van der Waals surface area contributed by atoms with Crippen molar-refractivity contribution in [3.05, 3.63) is 39.9 Å². The van der Waals surface area contributed by atoms with Crippen LogP contribution in [0, 0.1) is 12.8 Å². The van der Waals surface area contributed by atoms with E-state index in [9.17, 15) is 13.8 Å². The van der Waals surface area contributed by atoms with Gasteiger partial charge in [-0.3, -0.25) is 13.8 Å². The number of anilines is 1. The van der Waals surface area contributed by atoms with Gasteiger partial charge in [0.25, 0.3) is 11.8 Å². The number of hydrogen-bond acceptors (Lipinski definition) is 4. The number of benzene rings is 1. The molecule has 2 heterocycles. The molecule has 1 unspecified atom stereocenters. The zero-order valence-corrected chi connectivity index (χ0v) is 20.1. The summed E-state index contributed by atoms with van der Waals surface area (Å²) in [5.41, 5.74) is 3.87. The molecule has 2 amide bonds. The summed E-state index contributed by atoms with van der Waals surface area (Å²) in [6, 6.07) is 3.86. The Morgan fingerprint density at radius 2 is 1.94 bits per heavy atom. The van der Waals surface area contributed by atoms with Gasteiger partial charge in [0, 0.05) is 63.4 Å². The molecular formula is C23H30ClN3O3S. The summed E-state index contributed by atoms with van der Waals surface area (Å²) in [6.45, 7) is 8.65. The molecule has 1 aromatic carbocycles. The third-order valence-electron chi connectivity index (χ3n) is 6.08. The first-order valence-electron chi connectivity index (χ1n) is 10.7. The fourth-order valence-electron chi connectivity index (χ4n) is 4.36. The van der Waals surface area contributed by atoms with Gasteiger partial charge in [0.05, 0.1) is 5.92 Å². The van der Waals surface area contributed by atoms with E-state index in [0.29, 0.717) is 27.8 Å². The number of carbonyl (C=O) groups is 2. The van der Waals surface area contributed by atoms with Crippen LogP contribution in [0.25, 0.3) is 0 Å². The Kier molecular flexibility index (Phi) is 7.70. The number of rotatable bonds is 6. The summed E-state index contributed by atoms with van der Waals surface area (Å²) in [5.74, 6) is 0.487. The van der Waals surface area contributed by atoms with E-state index < -0.39 is 16.7 Å². The minimum absolute atomic E-state index is 0.198. The van der Waals surface area contributed by atoms with Gasteiger partial charge in [-0.2, -0.15) is 0 Å². The normalized spacial score (nSPS) is 23.8. The van der Waals surface area contributed by atoms with Crippen LogP contribution < -0.4 is 10.2 Å². The molecule has 2 aliphatic rings. The minimum Gasteiger partial charge on any atom is -0.368 e. The van der Waals surface area contributed by atoms with Gasteiger partial charge in [-0.1, -0.05) is 17.2 Å². The van der Waals surface area contributed by atoms with E-state index in [1.54, 1.807) is 13.0 Å². The van der Waals surface area contributed by atoms with Crippen LogP contribution in [-0.4, -0.2) is 52.4 Å². The summed E-state index contributed by atoms with van der Waals surface area (Å²) in [6.07, 6.45) is 3.60. The van der Waals surface area contributed by atoms with Crippen LogP contribution >= 0.6 is 11.6 Å². The number of carbonyl (C=O) groups excluding carboxylic acids is 2. The predicted molar refractivity (Wildman–Crippen MR) is 128 cm³/mol. The molecule has 168 valence electrons. The third-order valence-corrected chi connectivity index (χ3v) is 7.68. The van der Waals surface area contributed by atoms with Crippen LogP contribution in [0.15, 0.2) is 28.8 Å². The Morgan fingerprint density at radius 3 is 2.55 bits per heavy atom. The van der Waals surface area contributed by atoms with E-state index in [-0.39, 0.29) is 24.4 Å². The van der Waals surface area contributed by atoms with E-state index in [1.165, 1.54) is 0 Å². The van der Waals surface area contributed by atoms with E-state index in [1.807, 2.05) is 26.0 Å². The lowest BCUT2D eigenvalue weighted by molar-refractivity contribution is -0.120. The number of aliphatic imine (C=N–C) groups is 1. The zero-order valence-electron chi connectivity index (χ0n) is 18.5. The first kappa shape index (κ1) is 23.7. The highest BCUT2D eigenvalue weighted by Gasteiger charge is 2.27. The van der Waals surface area contributed by atoms with E-state index in [2.05, 4.69) is 22.1 Å². The maximum Gasteiger partial charge on any atom is 0.254 e. The molecule has 0 radical (unpaired) electrons. The standard InChI is InChI=1S/C23H30ClN3O3S/c1-5-27(18-6-8-31(30)9-7-18)21-12-17(24)11-19(16(21)4)22(28)25-13-20-14(2)10-15(3)26-23(20)29/h10-12,18,20H,5-9,13H2,1-4H3,(H,25,28). The van der Waals surface area contributed by atoms with Crippen molar-refractivity contribution in [2.45, 2.75) is 46.6 Å². The van der Waals surface area contributed by atoms with Crippen molar-refractivity contribution in [1.29, 1.82) is 0 Å². The molecular weight excluding hydrogens is 434 g/mol. The quantitative estimate of drug-likeness (QED) is 0.697. The molecule has 0 saturated carbocycles. The minimum atomic E-state index is -0.729. The second kappa shape index (κ2) is 10.1. The summed E-state index contributed by atoms with van der Waals surface area (Å²) >= 11 is 6.40. The molecule has 0 aromatic heterocycles. The molecule has 1 saturated heterocycles. The molecule has 3 rings (SSSR count). The number of nitrogens with zero attached hydrogens (tertiary/aromatic N) is 2. The lowest BCUT2D eigenvalue weighted by Crippen LogP contribution is -2.41. The van der Waals surface area contributed by atoms with Crippen molar-refractivity contribution in [1.82, 2.24) is 5.32 Å². The average molecular weight is 464 g/mol. The Morgan fingerprint density at radius 1 is 1.26 bits per heavy atom. The Bertz CT molecular complexity index is 963. The SMILES string of the molecule is CCN(c1cc(Cl)cc(C(=O)NCC2C(=O)N=C(C)C=C2C)c1C)C1CCS(=O)CC1. The van der Waals surface area contributed by atoms with Crippen LogP contribution in [0.4, 0.5) is 5.69 Å². The van der Waals surface area contributed by atoms with Gasteiger partial charge < -0.3 is 10.2 Å². The number of nitrogens with one attached hydrogen (secondary N) is 1. The molecule has 0 aliphatic carbocycles. The molecule has 0 bridgehead atoms. The van der Waals surface area contributed by atoms with Crippen molar-refractivity contribution >= 4 is 45.6 Å². The maximum atomic E-state index is 13.0. The topological polar surface area (TPSA) is 78.8 Å². The average Bonchev–Trinajstić information content (AvgIpc) is 2.71. The van der Waals surface area contributed by atoms with Gasteiger partial charge >= 0.3 is 0 Å². The molecule has 1 N–H and O–H groups in total. The first-order valence-corrected chi connectivity index (χ1v) is 12.5. The van der Waals surface area contributed by atoms with E-state index in [0.717, 1.165) is 36.2 Å². The van der Waals surface area contributed by atoms with Crippen molar-refractivity contribution in [3.63, 3.8) is 0 Å². The van der Waals surface area contributed by atoms with Crippen LogP contribution in [0.2, 0.25) is 5.02 Å². The van der Waals surface area contributed by atoms with E-state index >= 15 is 0 Å². The lowest BCUT2D eigenvalue weighted by Gasteiger charge is -2.36. The Hall–Kier alpha value is -1.99. The van der Waals surface area contributed by atoms with Crippen molar-refractivity contribution in [2.24, 2.45) is 10.9 Å². The number of amides is 2. The largest absolute Gasteiger partial charge is 0.368 e. The highest BCUT2D eigenvalue weighted by atomic mass is 35.5. The number of dihydropyridines is 1. The van der Waals surface area contributed by atoms with Gasteiger partial charge in [0.1, 0.15) is 0 Å². The summed E-state index contributed by atoms with van der Waals surface area (Å²) in [7, 11) is -0.729. The second-order valence-electron chi connectivity index (χ2n) is 8.21. The Balaban J connectivity index is 1.79. The highest BCUT2D eigenvalue weighted by molar-refractivity contribution is 7.85. The third kappa shape index (κ3) is 5.44. The molecule has 1 fully saturated rings. The summed E-state index contributed by atoms with van der Waals surface area (Å²) < 4.78 is 11.8. The van der Waals surface area contributed by atoms with E-state index in [4.69, 9.17) is 11.6 Å². The van der Waals surface area contributed by atoms with Crippen LogP contribution in [-0.2, 0) is 15.6 Å². The first-order chi connectivity index (χ1) is 14.7. The molecule has 31 heavy (non-hydrogen) atoms. The van der Waals surface area contributed by atoms with Crippen LogP contribution in [0.3, 0.4) is 0 Å². The van der Waals surface area contributed by atoms with Gasteiger partial charge in [-0.15, -0.1) is 0 Å². The summed E-state index contributed by atoms with van der Waals surface area (Å²) in [4.78, 5) is 31.5. The van der Waals surface area contributed by atoms with Crippen LogP contribution in [0.1, 0.15) is 49.5 Å². The molecule has 8 heteroatoms. The predicted octanol–water partition coefficient (Wildman–Crippen LogP) is 3.68. The number of halogens is 1. The zero-order chi connectivity index (χ0) is 22.7. The maximum absolute atomic E-state index is 13.0. The summed E-state index contributed by atoms with van der Waals surface area (Å²) in [5, 5.41) is 3.39. The second-order valence-corrected chi connectivity index (χ2v) is 10.3. The van der Waals surface area contributed by atoms with Gasteiger partial charge in [0.15, 0.2) is 0 Å². The van der Waals surface area contributed by atoms with Crippen molar-refractivity contribution < 1.29 is 13.8 Å². The fourth-order valence-corrected chi connectivity index (χ4v) is 5.85. The van der Waals surface area contributed by atoms with Crippen LogP contribution in [0.5, 0.6) is 0 Å². The monoisotopic (exact) mass is 463 g/mol. The van der Waals surface area contributed by atoms with Gasteiger partial charge in [-0.05, 0) is 64.3 Å². The Labute approximate surface area is 191 Å². The van der Waals surface area contributed by atoms with Crippen molar-refractivity contribution in [2.75, 3.05) is 29.5 Å². The molecule has 6 nitrogen and oxygen atoms in total.